The number of nitrogens with one attached hydrogen (secondary N) is 1. The summed E-state index contributed by atoms with van der Waals surface area (Å²) in [5.74, 6) is 0.0272. The maximum Gasteiger partial charge on any atom is 0.218 e. The number of hydrogen-bond donors (Lipinski definition) is 2. The van der Waals surface area contributed by atoms with Gasteiger partial charge in [0, 0.05) is 10.4 Å². The number of azo groups is 1. The highest BCUT2D eigenvalue weighted by atomic mass is 35.5. The van der Waals surface area contributed by atoms with Crippen LogP contribution in [-0.2, 0) is 6.42 Å². The summed E-state index contributed by atoms with van der Waals surface area (Å²) in [5.41, 5.74) is 4.15. The second kappa shape index (κ2) is 5.81. The maximum absolute atomic E-state index is 10.1. The van der Waals surface area contributed by atoms with Gasteiger partial charge in [-0.25, -0.2) is 0 Å². The van der Waals surface area contributed by atoms with Crippen molar-refractivity contribution >= 4 is 33.9 Å². The molecule has 0 bridgehead atoms. The van der Waals surface area contributed by atoms with Crippen molar-refractivity contribution in [3.05, 3.63) is 52.5 Å². The number of hydrogen-bond acceptors (Lipinski definition) is 3. The van der Waals surface area contributed by atoms with Gasteiger partial charge in [0.05, 0.1) is 11.2 Å². The molecule has 5 heteroatoms. The molecule has 2 aromatic carbocycles. The molecule has 4 nitrogen and oxygen atoms in total. The van der Waals surface area contributed by atoms with Crippen LogP contribution >= 0.6 is 11.6 Å². The molecule has 0 amide bonds. The molecule has 0 aliphatic heterocycles. The lowest BCUT2D eigenvalue weighted by molar-refractivity contribution is 0.459. The van der Waals surface area contributed by atoms with Crippen molar-refractivity contribution in [2.24, 2.45) is 10.2 Å². The lowest BCUT2D eigenvalue weighted by Gasteiger charge is -1.99. The largest absolute Gasteiger partial charge is 0.493 e. The number of fused-ring (bicyclic) bond motifs is 1. The molecule has 2 N–H and O–H groups in total. The van der Waals surface area contributed by atoms with E-state index in [9.17, 15) is 5.11 Å². The normalized spacial score (nSPS) is 11.6. The van der Waals surface area contributed by atoms with E-state index in [0.29, 0.717) is 16.4 Å². The van der Waals surface area contributed by atoms with Gasteiger partial charge in [-0.05, 0) is 36.6 Å². The van der Waals surface area contributed by atoms with E-state index in [2.05, 4.69) is 22.1 Å². The molecule has 0 atom stereocenters. The van der Waals surface area contributed by atoms with Crippen LogP contribution < -0.4 is 0 Å². The summed E-state index contributed by atoms with van der Waals surface area (Å²) in [6, 6.07) is 11.4. The summed E-state index contributed by atoms with van der Waals surface area (Å²) in [6.45, 7) is 4.01. The molecule has 3 aromatic rings. The zero-order valence-electron chi connectivity index (χ0n) is 12.4. The van der Waals surface area contributed by atoms with Crippen molar-refractivity contribution in [1.82, 2.24) is 4.98 Å². The zero-order chi connectivity index (χ0) is 15.7. The highest BCUT2D eigenvalue weighted by Gasteiger charge is 2.12. The van der Waals surface area contributed by atoms with Gasteiger partial charge in [0.1, 0.15) is 0 Å². The average Bonchev–Trinajstić information content (AvgIpc) is 2.83. The summed E-state index contributed by atoms with van der Waals surface area (Å²) in [6.07, 6.45) is 0.876. The third-order valence-corrected chi connectivity index (χ3v) is 3.92. The van der Waals surface area contributed by atoms with E-state index in [1.165, 1.54) is 0 Å². The van der Waals surface area contributed by atoms with Crippen molar-refractivity contribution < 1.29 is 5.11 Å². The number of aromatic hydroxyl groups is 1. The first-order valence-corrected chi connectivity index (χ1v) is 7.48. The number of aryl methyl sites for hydroxylation is 2. The Bertz CT molecular complexity index is 868. The molecule has 0 saturated carbocycles. The zero-order valence-corrected chi connectivity index (χ0v) is 13.1. The van der Waals surface area contributed by atoms with Gasteiger partial charge in [-0.1, -0.05) is 42.8 Å². The summed E-state index contributed by atoms with van der Waals surface area (Å²) >= 11 is 5.99. The van der Waals surface area contributed by atoms with Crippen LogP contribution in [0.25, 0.3) is 10.9 Å². The molecule has 1 aromatic heterocycles. The Balaban J connectivity index is 2.09. The Hall–Kier alpha value is -2.33. The van der Waals surface area contributed by atoms with Gasteiger partial charge in [0.25, 0.3) is 0 Å². The van der Waals surface area contributed by atoms with Crippen LogP contribution in [0.2, 0.25) is 5.02 Å². The van der Waals surface area contributed by atoms with E-state index < -0.39 is 0 Å². The van der Waals surface area contributed by atoms with Gasteiger partial charge >= 0.3 is 0 Å². The SMILES string of the molecule is CCc1cccc2c(N=Nc3cc(Cl)ccc3C)c(O)[nH]c12. The number of aromatic nitrogens is 1. The molecule has 0 unspecified atom stereocenters. The molecular formula is C17H16ClN3O. The number of benzene rings is 2. The lowest BCUT2D eigenvalue weighted by atomic mass is 10.1. The first kappa shape index (κ1) is 14.6. The molecule has 112 valence electrons. The second-order valence-electron chi connectivity index (χ2n) is 5.15. The van der Waals surface area contributed by atoms with Crippen molar-refractivity contribution in [2.75, 3.05) is 0 Å². The topological polar surface area (TPSA) is 60.7 Å². The molecule has 0 spiro atoms. The second-order valence-corrected chi connectivity index (χ2v) is 5.58. The summed E-state index contributed by atoms with van der Waals surface area (Å²) < 4.78 is 0. The smallest absolute Gasteiger partial charge is 0.218 e. The minimum absolute atomic E-state index is 0.0272. The number of nitrogens with zero attached hydrogens (tertiary/aromatic N) is 2. The lowest BCUT2D eigenvalue weighted by Crippen LogP contribution is -1.80. The van der Waals surface area contributed by atoms with Crippen LogP contribution in [0.4, 0.5) is 11.4 Å². The first-order chi connectivity index (χ1) is 10.6. The minimum Gasteiger partial charge on any atom is -0.493 e. The third kappa shape index (κ3) is 2.57. The fraction of sp³-hybridized carbons (Fsp3) is 0.176. The summed E-state index contributed by atoms with van der Waals surface area (Å²) in [7, 11) is 0. The van der Waals surface area contributed by atoms with Crippen LogP contribution in [0.1, 0.15) is 18.1 Å². The van der Waals surface area contributed by atoms with Crippen molar-refractivity contribution in [1.29, 1.82) is 0 Å². The number of aromatic amines is 1. The van der Waals surface area contributed by atoms with Crippen molar-refractivity contribution in [3.8, 4) is 5.88 Å². The molecule has 0 radical (unpaired) electrons. The molecular weight excluding hydrogens is 298 g/mol. The fourth-order valence-corrected chi connectivity index (χ4v) is 2.61. The van der Waals surface area contributed by atoms with Crippen LogP contribution in [-0.4, -0.2) is 10.1 Å². The van der Waals surface area contributed by atoms with Crippen LogP contribution in [0.15, 0.2) is 46.6 Å². The van der Waals surface area contributed by atoms with E-state index in [4.69, 9.17) is 11.6 Å². The Morgan fingerprint density at radius 2 is 2.00 bits per heavy atom. The monoisotopic (exact) mass is 313 g/mol. The highest BCUT2D eigenvalue weighted by Crippen LogP contribution is 2.38. The van der Waals surface area contributed by atoms with Gasteiger partial charge in [-0.2, -0.15) is 5.11 Å². The van der Waals surface area contributed by atoms with Gasteiger partial charge in [0.15, 0.2) is 5.69 Å². The quantitative estimate of drug-likeness (QED) is 0.588. The molecule has 1 heterocycles. The maximum atomic E-state index is 10.1. The number of para-hydroxylation sites is 1. The van der Waals surface area contributed by atoms with Crippen molar-refractivity contribution in [3.63, 3.8) is 0 Å². The Kier molecular flexibility index (Phi) is 3.86. The van der Waals surface area contributed by atoms with Gasteiger partial charge in [-0.15, -0.1) is 5.11 Å². The third-order valence-electron chi connectivity index (χ3n) is 3.68. The molecule has 0 fully saturated rings. The Labute approximate surface area is 133 Å². The van der Waals surface area contributed by atoms with Crippen LogP contribution in [0.3, 0.4) is 0 Å². The molecule has 0 saturated heterocycles. The number of H-pyrrole nitrogens is 1. The number of rotatable bonds is 3. The van der Waals surface area contributed by atoms with E-state index in [1.807, 2.05) is 37.3 Å². The summed E-state index contributed by atoms with van der Waals surface area (Å²) in [4.78, 5) is 2.98. The van der Waals surface area contributed by atoms with Gasteiger partial charge < -0.3 is 10.1 Å². The van der Waals surface area contributed by atoms with E-state index in [-0.39, 0.29) is 5.88 Å². The minimum atomic E-state index is 0.0272. The average molecular weight is 314 g/mol. The van der Waals surface area contributed by atoms with Crippen LogP contribution in [0.5, 0.6) is 5.88 Å². The Morgan fingerprint density at radius 3 is 2.77 bits per heavy atom. The summed E-state index contributed by atoms with van der Waals surface area (Å²) in [5, 5.41) is 20.1. The molecule has 22 heavy (non-hydrogen) atoms. The van der Waals surface area contributed by atoms with E-state index >= 15 is 0 Å². The van der Waals surface area contributed by atoms with Gasteiger partial charge in [-0.3, -0.25) is 0 Å². The predicted octanol–water partition coefficient (Wildman–Crippen LogP) is 5.81. The standard InChI is InChI=1S/C17H16ClN3O/c1-3-11-5-4-6-13-15(11)19-17(22)16(13)21-20-14-9-12(18)8-7-10(14)2/h4-9,19,22H,3H2,1-2H3. The fourth-order valence-electron chi connectivity index (χ4n) is 2.44. The predicted molar refractivity (Wildman–Crippen MR) is 89.7 cm³/mol. The molecule has 0 aliphatic carbocycles. The van der Waals surface area contributed by atoms with E-state index in [0.717, 1.165) is 28.5 Å². The Morgan fingerprint density at radius 1 is 1.18 bits per heavy atom. The van der Waals surface area contributed by atoms with Crippen LogP contribution in [0, 0.1) is 6.92 Å². The molecule has 3 rings (SSSR count). The first-order valence-electron chi connectivity index (χ1n) is 7.10. The number of halogens is 1. The van der Waals surface area contributed by atoms with E-state index in [1.54, 1.807) is 6.07 Å². The van der Waals surface area contributed by atoms with Crippen molar-refractivity contribution in [2.45, 2.75) is 20.3 Å². The highest BCUT2D eigenvalue weighted by molar-refractivity contribution is 6.30. The molecule has 0 aliphatic rings. The van der Waals surface area contributed by atoms with Gasteiger partial charge in [0.2, 0.25) is 5.88 Å².